The summed E-state index contributed by atoms with van der Waals surface area (Å²) in [6.07, 6.45) is 1.91. The van der Waals surface area contributed by atoms with Gasteiger partial charge in [0, 0.05) is 42.0 Å². The van der Waals surface area contributed by atoms with Crippen molar-refractivity contribution in [3.63, 3.8) is 0 Å². The van der Waals surface area contributed by atoms with E-state index in [2.05, 4.69) is 66.2 Å². The number of H-pyrrole nitrogens is 1. The molecule has 2 aromatic heterocycles. The first-order chi connectivity index (χ1) is 10.8. The lowest BCUT2D eigenvalue weighted by molar-refractivity contribution is 1.55. The summed E-state index contributed by atoms with van der Waals surface area (Å²) in [6.45, 7) is 3.90. The van der Waals surface area contributed by atoms with Crippen LogP contribution in [0.2, 0.25) is 0 Å². The molecule has 104 valence electrons. The van der Waals surface area contributed by atoms with Gasteiger partial charge in [-0.05, 0) is 35.9 Å². The van der Waals surface area contributed by atoms with Crippen molar-refractivity contribution < 1.29 is 0 Å². The summed E-state index contributed by atoms with van der Waals surface area (Å²) in [4.78, 5) is 3.55. The second-order valence-corrected chi connectivity index (χ2v) is 6.68. The van der Waals surface area contributed by atoms with E-state index in [1.807, 2.05) is 17.4 Å². The fraction of sp³-hybridized carbons (Fsp3) is 0. The summed E-state index contributed by atoms with van der Waals surface area (Å²) in [7, 11) is 0. The van der Waals surface area contributed by atoms with Gasteiger partial charge in [0.05, 0.1) is 0 Å². The van der Waals surface area contributed by atoms with E-state index in [1.165, 1.54) is 42.0 Å². The molecule has 0 saturated heterocycles. The molecule has 22 heavy (non-hydrogen) atoms. The molecule has 1 N–H and O–H groups in total. The molecular formula is C20H13NS. The van der Waals surface area contributed by atoms with Crippen LogP contribution in [0, 0.1) is 0 Å². The number of fused-ring (bicyclic) bond motifs is 7. The van der Waals surface area contributed by atoms with Crippen LogP contribution >= 0.6 is 11.3 Å². The fourth-order valence-corrected chi connectivity index (χ4v) is 4.46. The minimum absolute atomic E-state index is 1.16. The third-order valence-electron chi connectivity index (χ3n) is 4.36. The van der Waals surface area contributed by atoms with Crippen LogP contribution < -0.4 is 0 Å². The zero-order chi connectivity index (χ0) is 14.7. The summed E-state index contributed by atoms with van der Waals surface area (Å²) in [6, 6.07) is 19.6. The summed E-state index contributed by atoms with van der Waals surface area (Å²) in [5.74, 6) is 0. The SMILES string of the molecule is C=Cc1ccc2[nH]c3ccc4sc5ccccc5c4c3c2c1. The average molecular weight is 299 g/mol. The van der Waals surface area contributed by atoms with Crippen LogP contribution in [0.15, 0.2) is 61.2 Å². The topological polar surface area (TPSA) is 15.8 Å². The van der Waals surface area contributed by atoms with Crippen molar-refractivity contribution in [2.24, 2.45) is 0 Å². The van der Waals surface area contributed by atoms with Gasteiger partial charge in [0.1, 0.15) is 0 Å². The number of benzene rings is 3. The molecule has 5 aromatic rings. The monoisotopic (exact) mass is 299 g/mol. The molecule has 0 amide bonds. The van der Waals surface area contributed by atoms with Crippen LogP contribution in [0.5, 0.6) is 0 Å². The first kappa shape index (κ1) is 12.0. The Morgan fingerprint density at radius 2 is 1.68 bits per heavy atom. The van der Waals surface area contributed by atoms with Crippen molar-refractivity contribution in [2.45, 2.75) is 0 Å². The maximum Gasteiger partial charge on any atom is 0.0472 e. The maximum atomic E-state index is 3.90. The Kier molecular flexibility index (Phi) is 2.30. The molecule has 0 aliphatic rings. The normalized spacial score (nSPS) is 11.8. The minimum Gasteiger partial charge on any atom is -0.354 e. The number of rotatable bonds is 1. The van der Waals surface area contributed by atoms with Gasteiger partial charge in [-0.25, -0.2) is 0 Å². The summed E-state index contributed by atoms with van der Waals surface area (Å²) >= 11 is 1.86. The molecule has 5 rings (SSSR count). The van der Waals surface area contributed by atoms with E-state index in [9.17, 15) is 0 Å². The quantitative estimate of drug-likeness (QED) is 0.372. The van der Waals surface area contributed by atoms with E-state index in [-0.39, 0.29) is 0 Å². The van der Waals surface area contributed by atoms with E-state index < -0.39 is 0 Å². The molecule has 2 heteroatoms. The number of hydrogen-bond donors (Lipinski definition) is 1. The molecule has 0 aliphatic heterocycles. The number of aromatic nitrogens is 1. The first-order valence-corrected chi connectivity index (χ1v) is 8.15. The Balaban J connectivity index is 2.12. The van der Waals surface area contributed by atoms with Gasteiger partial charge in [-0.2, -0.15) is 0 Å². The van der Waals surface area contributed by atoms with Gasteiger partial charge >= 0.3 is 0 Å². The Morgan fingerprint density at radius 3 is 2.59 bits per heavy atom. The van der Waals surface area contributed by atoms with Crippen molar-refractivity contribution in [3.05, 3.63) is 66.7 Å². The Hall–Kier alpha value is -2.58. The zero-order valence-electron chi connectivity index (χ0n) is 11.9. The fourth-order valence-electron chi connectivity index (χ4n) is 3.35. The maximum absolute atomic E-state index is 3.90. The molecule has 0 saturated carbocycles. The lowest BCUT2D eigenvalue weighted by atomic mass is 10.0. The molecule has 0 bridgehead atoms. The molecule has 2 heterocycles. The smallest absolute Gasteiger partial charge is 0.0472 e. The third-order valence-corrected chi connectivity index (χ3v) is 5.50. The molecular weight excluding hydrogens is 286 g/mol. The summed E-state index contributed by atoms with van der Waals surface area (Å²) in [5, 5.41) is 5.32. The van der Waals surface area contributed by atoms with Crippen molar-refractivity contribution in [2.75, 3.05) is 0 Å². The number of thiophene rings is 1. The highest BCUT2D eigenvalue weighted by Crippen LogP contribution is 2.41. The predicted molar refractivity (Wildman–Crippen MR) is 98.8 cm³/mol. The van der Waals surface area contributed by atoms with E-state index in [1.54, 1.807) is 0 Å². The minimum atomic E-state index is 1.16. The molecule has 0 fully saturated rings. The van der Waals surface area contributed by atoms with Crippen LogP contribution in [0.4, 0.5) is 0 Å². The summed E-state index contributed by atoms with van der Waals surface area (Å²) in [5.41, 5.74) is 3.54. The lowest BCUT2D eigenvalue weighted by Crippen LogP contribution is -1.73. The molecule has 0 unspecified atom stereocenters. The van der Waals surface area contributed by atoms with Gasteiger partial charge in [0.2, 0.25) is 0 Å². The molecule has 0 atom stereocenters. The van der Waals surface area contributed by atoms with Gasteiger partial charge < -0.3 is 4.98 Å². The second kappa shape index (κ2) is 4.21. The van der Waals surface area contributed by atoms with E-state index in [4.69, 9.17) is 0 Å². The number of aromatic amines is 1. The molecule has 1 nitrogen and oxygen atoms in total. The lowest BCUT2D eigenvalue weighted by Gasteiger charge is -1.98. The zero-order valence-corrected chi connectivity index (χ0v) is 12.7. The number of hydrogen-bond acceptors (Lipinski definition) is 1. The van der Waals surface area contributed by atoms with E-state index in [0.717, 1.165) is 5.56 Å². The van der Waals surface area contributed by atoms with E-state index >= 15 is 0 Å². The number of nitrogens with one attached hydrogen (secondary N) is 1. The first-order valence-electron chi connectivity index (χ1n) is 7.33. The van der Waals surface area contributed by atoms with Crippen LogP contribution in [-0.2, 0) is 0 Å². The average Bonchev–Trinajstić information content (AvgIpc) is 3.11. The van der Waals surface area contributed by atoms with Gasteiger partial charge in [0.15, 0.2) is 0 Å². The highest BCUT2D eigenvalue weighted by Gasteiger charge is 2.12. The molecule has 0 aliphatic carbocycles. The van der Waals surface area contributed by atoms with Gasteiger partial charge in [-0.3, -0.25) is 0 Å². The van der Waals surface area contributed by atoms with Crippen LogP contribution in [0.1, 0.15) is 5.56 Å². The van der Waals surface area contributed by atoms with E-state index in [0.29, 0.717) is 0 Å². The van der Waals surface area contributed by atoms with Crippen LogP contribution in [0.3, 0.4) is 0 Å². The van der Waals surface area contributed by atoms with Crippen molar-refractivity contribution in [1.82, 2.24) is 4.98 Å². The van der Waals surface area contributed by atoms with Crippen molar-refractivity contribution >= 4 is 59.4 Å². The van der Waals surface area contributed by atoms with Crippen molar-refractivity contribution in [1.29, 1.82) is 0 Å². The van der Waals surface area contributed by atoms with Crippen LogP contribution in [0.25, 0.3) is 48.1 Å². The molecule has 0 spiro atoms. The van der Waals surface area contributed by atoms with Gasteiger partial charge in [-0.1, -0.05) is 36.9 Å². The molecule has 0 radical (unpaired) electrons. The largest absolute Gasteiger partial charge is 0.354 e. The third kappa shape index (κ3) is 1.48. The highest BCUT2D eigenvalue weighted by atomic mass is 32.1. The Labute approximate surface area is 131 Å². The van der Waals surface area contributed by atoms with Gasteiger partial charge in [-0.15, -0.1) is 11.3 Å². The van der Waals surface area contributed by atoms with Crippen LogP contribution in [-0.4, -0.2) is 4.98 Å². The Bertz CT molecular complexity index is 1190. The molecule has 3 aromatic carbocycles. The predicted octanol–water partition coefficient (Wildman–Crippen LogP) is 6.33. The summed E-state index contributed by atoms with van der Waals surface area (Å²) < 4.78 is 2.69. The van der Waals surface area contributed by atoms with Gasteiger partial charge in [0.25, 0.3) is 0 Å². The van der Waals surface area contributed by atoms with Crippen molar-refractivity contribution in [3.8, 4) is 0 Å². The second-order valence-electron chi connectivity index (χ2n) is 5.59. The standard InChI is InChI=1S/C20H13NS/c1-2-12-7-8-15-14(11-12)19-16(21-15)9-10-18-20(19)13-5-3-4-6-17(13)22-18/h2-11,21H,1H2. The Morgan fingerprint density at radius 1 is 0.818 bits per heavy atom. The highest BCUT2D eigenvalue weighted by molar-refractivity contribution is 7.26.